The Kier molecular flexibility index (Phi) is 7.27. The van der Waals surface area contributed by atoms with Gasteiger partial charge in [-0.3, -0.25) is 4.99 Å². The summed E-state index contributed by atoms with van der Waals surface area (Å²) < 4.78 is 11.8. The molecule has 2 atom stereocenters. The highest BCUT2D eigenvalue weighted by atomic mass is 127. The molecule has 1 aromatic rings. The molecule has 0 radical (unpaired) electrons. The van der Waals surface area contributed by atoms with E-state index in [4.69, 9.17) is 21.1 Å². The highest BCUT2D eigenvalue weighted by Crippen LogP contribution is 2.47. The molecule has 150 valence electrons. The van der Waals surface area contributed by atoms with E-state index in [1.54, 1.807) is 0 Å². The van der Waals surface area contributed by atoms with E-state index in [1.165, 1.54) is 18.4 Å². The lowest BCUT2D eigenvalue weighted by Crippen LogP contribution is -2.54. The van der Waals surface area contributed by atoms with Crippen molar-refractivity contribution in [3.8, 4) is 0 Å². The Labute approximate surface area is 183 Å². The second kappa shape index (κ2) is 9.29. The van der Waals surface area contributed by atoms with Crippen LogP contribution in [0.15, 0.2) is 29.3 Å². The number of benzene rings is 1. The maximum Gasteiger partial charge on any atom is 0.193 e. The summed E-state index contributed by atoms with van der Waals surface area (Å²) in [4.78, 5) is 6.84. The molecule has 2 unspecified atom stereocenters. The predicted octanol–water partition coefficient (Wildman–Crippen LogP) is 3.44. The number of hydrogen-bond donors (Lipinski definition) is 1. The van der Waals surface area contributed by atoms with E-state index < -0.39 is 0 Å². The fourth-order valence-electron chi connectivity index (χ4n) is 4.09. The Bertz CT molecular complexity index is 645. The van der Waals surface area contributed by atoms with Crippen molar-refractivity contribution in [3.05, 3.63) is 34.9 Å². The number of nitrogens with one attached hydrogen (secondary N) is 1. The van der Waals surface area contributed by atoms with Gasteiger partial charge in [0.1, 0.15) is 6.10 Å². The maximum atomic E-state index is 6.04. The van der Waals surface area contributed by atoms with Crippen LogP contribution < -0.4 is 5.32 Å². The van der Waals surface area contributed by atoms with E-state index in [0.29, 0.717) is 0 Å². The molecule has 1 saturated carbocycles. The molecule has 1 aliphatic carbocycles. The number of aliphatic imine (C=N–C) groups is 1. The predicted molar refractivity (Wildman–Crippen MR) is 119 cm³/mol. The molecule has 0 bridgehead atoms. The zero-order chi connectivity index (χ0) is 18.0. The average molecular weight is 506 g/mol. The molecule has 1 N–H and O–H groups in total. The quantitative estimate of drug-likeness (QED) is 0.387. The molecule has 2 saturated heterocycles. The normalized spacial score (nSPS) is 27.2. The number of halogens is 2. The van der Waals surface area contributed by atoms with E-state index in [-0.39, 0.29) is 41.6 Å². The summed E-state index contributed by atoms with van der Waals surface area (Å²) in [6, 6.07) is 8.28. The lowest BCUT2D eigenvalue weighted by Gasteiger charge is -2.37. The molecular weight excluding hydrogens is 477 g/mol. The van der Waals surface area contributed by atoms with Crippen LogP contribution in [0.5, 0.6) is 0 Å². The summed E-state index contributed by atoms with van der Waals surface area (Å²) >= 11 is 6.04. The Morgan fingerprint density at radius 3 is 2.59 bits per heavy atom. The molecular formula is C20H29ClIN3O2. The second-order valence-electron chi connectivity index (χ2n) is 7.59. The topological polar surface area (TPSA) is 46.1 Å². The number of morpholine rings is 1. The fourth-order valence-corrected chi connectivity index (χ4v) is 4.22. The highest BCUT2D eigenvalue weighted by Gasteiger charge is 2.44. The molecule has 3 aliphatic rings. The van der Waals surface area contributed by atoms with Crippen LogP contribution in [0, 0.1) is 0 Å². The van der Waals surface area contributed by atoms with E-state index in [2.05, 4.69) is 27.3 Å². The monoisotopic (exact) mass is 505 g/mol. The lowest BCUT2D eigenvalue weighted by molar-refractivity contribution is -0.0817. The van der Waals surface area contributed by atoms with Gasteiger partial charge < -0.3 is 19.7 Å². The van der Waals surface area contributed by atoms with Gasteiger partial charge in [0, 0.05) is 43.7 Å². The van der Waals surface area contributed by atoms with Crippen LogP contribution >= 0.6 is 35.6 Å². The summed E-state index contributed by atoms with van der Waals surface area (Å²) in [5, 5.41) is 4.41. The minimum Gasteiger partial charge on any atom is -0.375 e. The van der Waals surface area contributed by atoms with Crippen LogP contribution in [0.1, 0.15) is 31.2 Å². The average Bonchev–Trinajstić information content (AvgIpc) is 3.26. The fraction of sp³-hybridized carbons (Fsp3) is 0.650. The molecule has 4 rings (SSSR count). The number of guanidine groups is 1. The Morgan fingerprint density at radius 2 is 1.96 bits per heavy atom. The summed E-state index contributed by atoms with van der Waals surface area (Å²) in [7, 11) is 1.86. The molecule has 0 aromatic heterocycles. The van der Waals surface area contributed by atoms with E-state index >= 15 is 0 Å². The van der Waals surface area contributed by atoms with Crippen molar-refractivity contribution in [1.82, 2.24) is 10.2 Å². The molecule has 3 fully saturated rings. The van der Waals surface area contributed by atoms with Crippen molar-refractivity contribution >= 4 is 41.5 Å². The van der Waals surface area contributed by atoms with Crippen molar-refractivity contribution in [1.29, 1.82) is 0 Å². The highest BCUT2D eigenvalue weighted by molar-refractivity contribution is 14.0. The van der Waals surface area contributed by atoms with E-state index in [9.17, 15) is 0 Å². The van der Waals surface area contributed by atoms with Crippen LogP contribution in [-0.2, 0) is 14.9 Å². The molecule has 5 nitrogen and oxygen atoms in total. The van der Waals surface area contributed by atoms with Gasteiger partial charge in [-0.05, 0) is 43.4 Å². The first-order valence-corrected chi connectivity index (χ1v) is 10.0. The van der Waals surface area contributed by atoms with Gasteiger partial charge in [0.15, 0.2) is 5.96 Å². The van der Waals surface area contributed by atoms with Gasteiger partial charge >= 0.3 is 0 Å². The van der Waals surface area contributed by atoms with Crippen molar-refractivity contribution < 1.29 is 9.47 Å². The van der Waals surface area contributed by atoms with Crippen molar-refractivity contribution in [2.45, 2.75) is 43.3 Å². The van der Waals surface area contributed by atoms with Crippen molar-refractivity contribution in [3.63, 3.8) is 0 Å². The van der Waals surface area contributed by atoms with Crippen molar-refractivity contribution in [2.24, 2.45) is 4.99 Å². The van der Waals surface area contributed by atoms with Gasteiger partial charge in [0.05, 0.1) is 12.7 Å². The van der Waals surface area contributed by atoms with Crippen LogP contribution in [-0.4, -0.2) is 63.0 Å². The van der Waals surface area contributed by atoms with E-state index in [0.717, 1.165) is 56.7 Å². The minimum atomic E-state index is 0. The number of rotatable bonds is 4. The molecule has 1 aromatic carbocycles. The Morgan fingerprint density at radius 1 is 1.22 bits per heavy atom. The molecule has 7 heteroatoms. The number of nitrogens with zero attached hydrogens (tertiary/aromatic N) is 2. The van der Waals surface area contributed by atoms with Gasteiger partial charge in [-0.15, -0.1) is 24.0 Å². The molecule has 0 spiro atoms. The largest absolute Gasteiger partial charge is 0.375 e. The van der Waals surface area contributed by atoms with Crippen LogP contribution in [0.4, 0.5) is 0 Å². The van der Waals surface area contributed by atoms with Gasteiger partial charge in [-0.25, -0.2) is 0 Å². The van der Waals surface area contributed by atoms with Crippen molar-refractivity contribution in [2.75, 3.05) is 39.9 Å². The second-order valence-corrected chi connectivity index (χ2v) is 8.03. The van der Waals surface area contributed by atoms with Crippen LogP contribution in [0.3, 0.4) is 0 Å². The first-order valence-electron chi connectivity index (χ1n) is 9.65. The maximum absolute atomic E-state index is 6.04. The third kappa shape index (κ3) is 4.89. The SMILES string of the molecule is CN=C(NCC1(c2ccc(Cl)cc2)CC1)N1CCOC(C2CCCO2)C1.I. The number of ether oxygens (including phenoxy) is 2. The van der Waals surface area contributed by atoms with Crippen LogP contribution in [0.25, 0.3) is 0 Å². The molecule has 2 aliphatic heterocycles. The van der Waals surface area contributed by atoms with Gasteiger partial charge in [0.25, 0.3) is 0 Å². The third-order valence-electron chi connectivity index (χ3n) is 5.88. The summed E-state index contributed by atoms with van der Waals surface area (Å²) in [6.45, 7) is 4.22. The van der Waals surface area contributed by atoms with E-state index in [1.807, 2.05) is 19.2 Å². The Balaban J connectivity index is 0.00000210. The minimum absolute atomic E-state index is 0. The number of hydrogen-bond acceptors (Lipinski definition) is 3. The molecule has 27 heavy (non-hydrogen) atoms. The molecule has 2 heterocycles. The first-order chi connectivity index (χ1) is 12.7. The zero-order valence-corrected chi connectivity index (χ0v) is 18.9. The summed E-state index contributed by atoms with van der Waals surface area (Å²) in [5.41, 5.74) is 1.59. The lowest BCUT2D eigenvalue weighted by atomic mass is 9.96. The van der Waals surface area contributed by atoms with Gasteiger partial charge in [-0.1, -0.05) is 23.7 Å². The van der Waals surface area contributed by atoms with Crippen LogP contribution in [0.2, 0.25) is 5.02 Å². The molecule has 0 amide bonds. The smallest absolute Gasteiger partial charge is 0.193 e. The van der Waals surface area contributed by atoms with Gasteiger partial charge in [0.2, 0.25) is 0 Å². The summed E-state index contributed by atoms with van der Waals surface area (Å²) in [5.74, 6) is 0.969. The summed E-state index contributed by atoms with van der Waals surface area (Å²) in [6.07, 6.45) is 5.04. The Hall–Kier alpha value is -0.570. The van der Waals surface area contributed by atoms with Gasteiger partial charge in [-0.2, -0.15) is 0 Å². The standard InChI is InChI=1S/C20H28ClN3O2.HI/c1-22-19(24-10-12-26-18(13-24)17-3-2-11-25-17)23-14-20(8-9-20)15-4-6-16(21)7-5-15;/h4-7,17-18H,2-3,8-14H2,1H3,(H,22,23);1H. The first kappa shape index (κ1) is 21.1. The zero-order valence-electron chi connectivity index (χ0n) is 15.8. The third-order valence-corrected chi connectivity index (χ3v) is 6.13.